The summed E-state index contributed by atoms with van der Waals surface area (Å²) in [6, 6.07) is 13.0. The monoisotopic (exact) mass is 457 g/mol. The molecule has 1 aromatic heterocycles. The predicted molar refractivity (Wildman–Crippen MR) is 125 cm³/mol. The van der Waals surface area contributed by atoms with Crippen LogP contribution in [0.5, 0.6) is 5.75 Å². The van der Waals surface area contributed by atoms with Crippen LogP contribution in [0.4, 0.5) is 5.00 Å². The zero-order valence-corrected chi connectivity index (χ0v) is 19.4. The second-order valence-corrected chi connectivity index (χ2v) is 8.68. The van der Waals surface area contributed by atoms with Crippen LogP contribution in [-0.4, -0.2) is 25.1 Å². The van der Waals surface area contributed by atoms with Gasteiger partial charge in [0.05, 0.1) is 6.61 Å². The van der Waals surface area contributed by atoms with Gasteiger partial charge in [0.1, 0.15) is 16.3 Å². The Labute approximate surface area is 191 Å². The minimum absolute atomic E-state index is 0.165. The van der Waals surface area contributed by atoms with Crippen LogP contribution in [0.1, 0.15) is 33.3 Å². The summed E-state index contributed by atoms with van der Waals surface area (Å²) in [5.41, 5.74) is 3.81. The highest BCUT2D eigenvalue weighted by molar-refractivity contribution is 7.17. The maximum atomic E-state index is 12.8. The van der Waals surface area contributed by atoms with Crippen molar-refractivity contribution in [1.82, 2.24) is 0 Å². The van der Waals surface area contributed by atoms with Gasteiger partial charge in [-0.2, -0.15) is 0 Å². The van der Waals surface area contributed by atoms with Gasteiger partial charge >= 0.3 is 5.97 Å². The number of nitrogens with one attached hydrogen (secondary N) is 1. The van der Waals surface area contributed by atoms with Crippen LogP contribution in [0, 0.1) is 20.8 Å². The molecule has 2 aromatic carbocycles. The SMILES string of the molecule is CCOC(=O)c1c(NC(=O)COc2c(C)cccc2C)sc(C)c1-c1ccc(Cl)cc1. The molecule has 0 fully saturated rings. The molecule has 3 rings (SSSR count). The van der Waals surface area contributed by atoms with Gasteiger partial charge in [-0.1, -0.05) is 41.9 Å². The van der Waals surface area contributed by atoms with Crippen LogP contribution in [0.3, 0.4) is 0 Å². The zero-order chi connectivity index (χ0) is 22.5. The van der Waals surface area contributed by atoms with Gasteiger partial charge in [-0.25, -0.2) is 4.79 Å². The molecule has 162 valence electrons. The van der Waals surface area contributed by atoms with Crippen LogP contribution >= 0.6 is 22.9 Å². The highest BCUT2D eigenvalue weighted by atomic mass is 35.5. The lowest BCUT2D eigenvalue weighted by Crippen LogP contribution is -2.21. The van der Waals surface area contributed by atoms with Crippen molar-refractivity contribution in [1.29, 1.82) is 0 Å². The standard InChI is InChI=1S/C24H24ClNO4S/c1-5-29-24(28)21-20(17-9-11-18(25)12-10-17)16(4)31-23(21)26-19(27)13-30-22-14(2)7-6-8-15(22)3/h6-12H,5,13H2,1-4H3,(H,26,27). The van der Waals surface area contributed by atoms with Crippen LogP contribution in [0.15, 0.2) is 42.5 Å². The number of esters is 1. The van der Waals surface area contributed by atoms with Crippen molar-refractivity contribution in [2.24, 2.45) is 0 Å². The van der Waals surface area contributed by atoms with Crippen LogP contribution in [0.25, 0.3) is 11.1 Å². The van der Waals surface area contributed by atoms with Crippen molar-refractivity contribution in [3.8, 4) is 16.9 Å². The molecule has 0 saturated carbocycles. The Balaban J connectivity index is 1.88. The third kappa shape index (κ3) is 5.27. The first-order valence-corrected chi connectivity index (χ1v) is 11.1. The van der Waals surface area contributed by atoms with Crippen LogP contribution in [0.2, 0.25) is 5.02 Å². The molecule has 0 aliphatic heterocycles. The molecule has 0 radical (unpaired) electrons. The Kier molecular flexibility index (Phi) is 7.36. The van der Waals surface area contributed by atoms with Gasteiger partial charge < -0.3 is 14.8 Å². The number of halogens is 1. The minimum atomic E-state index is -0.484. The third-order valence-electron chi connectivity index (χ3n) is 4.71. The van der Waals surface area contributed by atoms with E-state index in [4.69, 9.17) is 21.1 Å². The molecule has 1 N–H and O–H groups in total. The molecular weight excluding hydrogens is 434 g/mol. The molecule has 3 aromatic rings. The number of aryl methyl sites for hydroxylation is 3. The van der Waals surface area contributed by atoms with E-state index in [-0.39, 0.29) is 19.1 Å². The fourth-order valence-electron chi connectivity index (χ4n) is 3.32. The summed E-state index contributed by atoms with van der Waals surface area (Å²) >= 11 is 7.34. The molecule has 7 heteroatoms. The molecule has 0 saturated heterocycles. The van der Waals surface area contributed by atoms with Gasteiger partial charge in [-0.3, -0.25) is 4.79 Å². The van der Waals surface area contributed by atoms with E-state index < -0.39 is 5.97 Å². The summed E-state index contributed by atoms with van der Waals surface area (Å²) in [5.74, 6) is -0.146. The average Bonchev–Trinajstić information content (AvgIpc) is 3.04. The van der Waals surface area contributed by atoms with Crippen molar-refractivity contribution in [3.05, 3.63) is 69.1 Å². The number of carbonyl (C=O) groups is 2. The summed E-state index contributed by atoms with van der Waals surface area (Å²) in [5, 5.41) is 3.87. The topological polar surface area (TPSA) is 64.6 Å². The second kappa shape index (κ2) is 9.98. The van der Waals surface area contributed by atoms with E-state index >= 15 is 0 Å². The number of anilines is 1. The molecule has 1 amide bonds. The average molecular weight is 458 g/mol. The maximum absolute atomic E-state index is 12.8. The fraction of sp³-hybridized carbons (Fsp3) is 0.250. The highest BCUT2D eigenvalue weighted by Crippen LogP contribution is 2.40. The first-order valence-electron chi connectivity index (χ1n) is 9.87. The van der Waals surface area contributed by atoms with E-state index in [2.05, 4.69) is 5.32 Å². The van der Waals surface area contributed by atoms with Gasteiger partial charge in [0.2, 0.25) is 0 Å². The molecule has 31 heavy (non-hydrogen) atoms. The molecule has 0 aliphatic carbocycles. The van der Waals surface area contributed by atoms with E-state index in [1.54, 1.807) is 19.1 Å². The summed E-state index contributed by atoms with van der Waals surface area (Å²) in [6.07, 6.45) is 0. The van der Waals surface area contributed by atoms with Gasteiger partial charge in [-0.05, 0) is 56.5 Å². The van der Waals surface area contributed by atoms with Crippen molar-refractivity contribution in [2.75, 3.05) is 18.5 Å². The first-order chi connectivity index (χ1) is 14.8. The molecule has 0 unspecified atom stereocenters. The molecule has 0 bridgehead atoms. The minimum Gasteiger partial charge on any atom is -0.483 e. The molecule has 1 heterocycles. The zero-order valence-electron chi connectivity index (χ0n) is 17.9. The van der Waals surface area contributed by atoms with E-state index in [0.29, 0.717) is 21.3 Å². The van der Waals surface area contributed by atoms with Gasteiger partial charge in [-0.15, -0.1) is 11.3 Å². The van der Waals surface area contributed by atoms with Crippen molar-refractivity contribution in [3.63, 3.8) is 0 Å². The molecule has 5 nitrogen and oxygen atoms in total. The fourth-order valence-corrected chi connectivity index (χ4v) is 4.53. The van der Waals surface area contributed by atoms with Crippen molar-refractivity contribution >= 4 is 39.8 Å². The van der Waals surface area contributed by atoms with E-state index in [1.165, 1.54) is 11.3 Å². The van der Waals surface area contributed by atoms with Crippen LogP contribution < -0.4 is 10.1 Å². The summed E-state index contributed by atoms with van der Waals surface area (Å²) in [6.45, 7) is 7.58. The molecular formula is C24H24ClNO4S. The number of hydrogen-bond donors (Lipinski definition) is 1. The Hall–Kier alpha value is -2.83. The van der Waals surface area contributed by atoms with E-state index in [1.807, 2.05) is 51.1 Å². The molecule has 0 spiro atoms. The van der Waals surface area contributed by atoms with E-state index in [9.17, 15) is 9.59 Å². The Bertz CT molecular complexity index is 1090. The lowest BCUT2D eigenvalue weighted by Gasteiger charge is -2.12. The Morgan fingerprint density at radius 3 is 2.29 bits per heavy atom. The predicted octanol–water partition coefficient (Wildman–Crippen LogP) is 6.19. The normalized spacial score (nSPS) is 10.6. The smallest absolute Gasteiger partial charge is 0.341 e. The summed E-state index contributed by atoms with van der Waals surface area (Å²) < 4.78 is 11.0. The highest BCUT2D eigenvalue weighted by Gasteiger charge is 2.25. The number of hydrogen-bond acceptors (Lipinski definition) is 5. The number of ether oxygens (including phenoxy) is 2. The number of rotatable bonds is 7. The molecule has 0 aliphatic rings. The quantitative estimate of drug-likeness (QED) is 0.430. The van der Waals surface area contributed by atoms with Gasteiger partial charge in [0.25, 0.3) is 5.91 Å². The first kappa shape index (κ1) is 22.8. The largest absolute Gasteiger partial charge is 0.483 e. The van der Waals surface area contributed by atoms with Crippen LogP contribution in [-0.2, 0) is 9.53 Å². The van der Waals surface area contributed by atoms with Gasteiger partial charge in [0, 0.05) is 15.5 Å². The maximum Gasteiger partial charge on any atom is 0.341 e. The second-order valence-electron chi connectivity index (χ2n) is 7.02. The Morgan fingerprint density at radius 2 is 1.68 bits per heavy atom. The number of benzene rings is 2. The number of amides is 1. The Morgan fingerprint density at radius 1 is 1.03 bits per heavy atom. The lowest BCUT2D eigenvalue weighted by molar-refractivity contribution is -0.118. The third-order valence-corrected chi connectivity index (χ3v) is 5.98. The lowest BCUT2D eigenvalue weighted by atomic mass is 10.0. The van der Waals surface area contributed by atoms with Crippen molar-refractivity contribution in [2.45, 2.75) is 27.7 Å². The number of para-hydroxylation sites is 1. The number of thiophene rings is 1. The number of carbonyl (C=O) groups excluding carboxylic acids is 2. The van der Waals surface area contributed by atoms with E-state index in [0.717, 1.165) is 27.1 Å². The molecule has 0 atom stereocenters. The summed E-state index contributed by atoms with van der Waals surface area (Å²) in [7, 11) is 0. The van der Waals surface area contributed by atoms with Gasteiger partial charge in [0.15, 0.2) is 6.61 Å². The van der Waals surface area contributed by atoms with Crippen molar-refractivity contribution < 1.29 is 19.1 Å². The summed E-state index contributed by atoms with van der Waals surface area (Å²) in [4.78, 5) is 26.3.